The predicted octanol–water partition coefficient (Wildman–Crippen LogP) is 2.68. The summed E-state index contributed by atoms with van der Waals surface area (Å²) in [5.74, 6) is -1.80. The summed E-state index contributed by atoms with van der Waals surface area (Å²) in [5, 5.41) is 9.06. The Morgan fingerprint density at radius 3 is 2.80 bits per heavy atom. The standard InChI is InChI=1S/C12H13FO2/c1-12(2)6-9(11(14)15)8-5-7(13)3-4-10(8)12/h3-5,9H,6H2,1-2H3,(H,14,15). The molecule has 80 valence electrons. The summed E-state index contributed by atoms with van der Waals surface area (Å²) >= 11 is 0. The fourth-order valence-corrected chi connectivity index (χ4v) is 2.39. The molecule has 1 unspecified atom stereocenters. The lowest BCUT2D eigenvalue weighted by Gasteiger charge is -2.18. The van der Waals surface area contributed by atoms with E-state index in [1.54, 1.807) is 6.07 Å². The van der Waals surface area contributed by atoms with Crippen LogP contribution >= 0.6 is 0 Å². The van der Waals surface area contributed by atoms with Gasteiger partial charge in [-0.05, 0) is 35.1 Å². The van der Waals surface area contributed by atoms with Crippen molar-refractivity contribution in [2.45, 2.75) is 31.6 Å². The number of hydrogen-bond donors (Lipinski definition) is 1. The molecule has 0 aliphatic heterocycles. The molecule has 0 fully saturated rings. The Morgan fingerprint density at radius 1 is 1.53 bits per heavy atom. The Labute approximate surface area is 87.7 Å². The zero-order valence-electron chi connectivity index (χ0n) is 8.75. The van der Waals surface area contributed by atoms with Gasteiger partial charge in [0, 0.05) is 0 Å². The second-order valence-corrected chi connectivity index (χ2v) is 4.71. The van der Waals surface area contributed by atoms with Gasteiger partial charge in [0.25, 0.3) is 0 Å². The van der Waals surface area contributed by atoms with Gasteiger partial charge in [-0.1, -0.05) is 19.9 Å². The summed E-state index contributed by atoms with van der Waals surface area (Å²) in [5.41, 5.74) is 1.41. The molecule has 2 rings (SSSR count). The highest BCUT2D eigenvalue weighted by Gasteiger charge is 2.40. The van der Waals surface area contributed by atoms with Crippen LogP contribution in [-0.4, -0.2) is 11.1 Å². The minimum atomic E-state index is -0.868. The monoisotopic (exact) mass is 208 g/mol. The predicted molar refractivity (Wildman–Crippen MR) is 54.4 cm³/mol. The molecule has 0 amide bonds. The molecule has 1 aromatic carbocycles. The maximum absolute atomic E-state index is 13.1. The Morgan fingerprint density at radius 2 is 2.20 bits per heavy atom. The van der Waals surface area contributed by atoms with E-state index in [0.29, 0.717) is 12.0 Å². The molecule has 0 saturated heterocycles. The lowest BCUT2D eigenvalue weighted by atomic mass is 9.86. The molecule has 0 spiro atoms. The SMILES string of the molecule is CC1(C)CC(C(=O)O)c2cc(F)ccc21. The van der Waals surface area contributed by atoms with Gasteiger partial charge in [0.15, 0.2) is 0 Å². The van der Waals surface area contributed by atoms with E-state index in [-0.39, 0.29) is 11.2 Å². The van der Waals surface area contributed by atoms with Crippen LogP contribution in [0, 0.1) is 5.82 Å². The van der Waals surface area contributed by atoms with Crippen molar-refractivity contribution in [2.75, 3.05) is 0 Å². The molecule has 0 radical (unpaired) electrons. The normalized spacial score (nSPS) is 22.5. The van der Waals surface area contributed by atoms with E-state index in [0.717, 1.165) is 5.56 Å². The average Bonchev–Trinajstić information content (AvgIpc) is 2.38. The molecule has 0 heterocycles. The first kappa shape index (κ1) is 10.1. The quantitative estimate of drug-likeness (QED) is 0.770. The van der Waals surface area contributed by atoms with Crippen LogP contribution in [0.5, 0.6) is 0 Å². The van der Waals surface area contributed by atoms with Crippen molar-refractivity contribution in [1.29, 1.82) is 0 Å². The maximum atomic E-state index is 13.1. The minimum absolute atomic E-state index is 0.175. The number of rotatable bonds is 1. The largest absolute Gasteiger partial charge is 0.481 e. The molecular formula is C12H13FO2. The molecule has 15 heavy (non-hydrogen) atoms. The van der Waals surface area contributed by atoms with Crippen LogP contribution in [0.3, 0.4) is 0 Å². The summed E-state index contributed by atoms with van der Waals surface area (Å²) in [6, 6.07) is 4.45. The third-order valence-corrected chi connectivity index (χ3v) is 3.13. The fourth-order valence-electron chi connectivity index (χ4n) is 2.39. The number of halogens is 1. The van der Waals surface area contributed by atoms with Crippen LogP contribution in [-0.2, 0) is 10.2 Å². The third kappa shape index (κ3) is 1.52. The lowest BCUT2D eigenvalue weighted by Crippen LogP contribution is -2.14. The molecule has 0 saturated carbocycles. The van der Waals surface area contributed by atoms with Gasteiger partial charge in [0.2, 0.25) is 0 Å². The molecule has 2 nitrogen and oxygen atoms in total. The van der Waals surface area contributed by atoms with Gasteiger partial charge in [-0.2, -0.15) is 0 Å². The smallest absolute Gasteiger partial charge is 0.311 e. The first-order valence-corrected chi connectivity index (χ1v) is 4.94. The maximum Gasteiger partial charge on any atom is 0.311 e. The summed E-state index contributed by atoms with van der Waals surface area (Å²) in [4.78, 5) is 11.0. The number of fused-ring (bicyclic) bond motifs is 1. The van der Waals surface area contributed by atoms with E-state index in [2.05, 4.69) is 0 Å². The van der Waals surface area contributed by atoms with Crippen molar-refractivity contribution in [3.8, 4) is 0 Å². The van der Waals surface area contributed by atoms with Crippen LogP contribution in [0.2, 0.25) is 0 Å². The molecule has 1 aliphatic carbocycles. The van der Waals surface area contributed by atoms with Crippen molar-refractivity contribution in [1.82, 2.24) is 0 Å². The average molecular weight is 208 g/mol. The van der Waals surface area contributed by atoms with E-state index < -0.39 is 11.9 Å². The van der Waals surface area contributed by atoms with Crippen LogP contribution in [0.15, 0.2) is 18.2 Å². The van der Waals surface area contributed by atoms with E-state index in [4.69, 9.17) is 5.11 Å². The van der Waals surface area contributed by atoms with Gasteiger partial charge in [0.1, 0.15) is 5.82 Å². The number of hydrogen-bond acceptors (Lipinski definition) is 1. The van der Waals surface area contributed by atoms with Crippen molar-refractivity contribution < 1.29 is 14.3 Å². The number of benzene rings is 1. The van der Waals surface area contributed by atoms with Crippen LogP contribution in [0.1, 0.15) is 37.3 Å². The second-order valence-electron chi connectivity index (χ2n) is 4.71. The van der Waals surface area contributed by atoms with Gasteiger partial charge < -0.3 is 5.11 Å². The van der Waals surface area contributed by atoms with E-state index >= 15 is 0 Å². The van der Waals surface area contributed by atoms with Crippen LogP contribution in [0.4, 0.5) is 4.39 Å². The van der Waals surface area contributed by atoms with Crippen LogP contribution in [0.25, 0.3) is 0 Å². The number of aliphatic carboxylic acids is 1. The summed E-state index contributed by atoms with van der Waals surface area (Å²) in [6.07, 6.45) is 0.543. The highest BCUT2D eigenvalue weighted by Crippen LogP contribution is 2.45. The molecule has 0 bridgehead atoms. The number of carboxylic acid groups (broad SMARTS) is 1. The molecule has 1 N–H and O–H groups in total. The van der Waals surface area contributed by atoms with Crippen LogP contribution < -0.4 is 0 Å². The Balaban J connectivity index is 2.58. The van der Waals surface area contributed by atoms with Gasteiger partial charge in [0.05, 0.1) is 5.92 Å². The molecule has 3 heteroatoms. The summed E-state index contributed by atoms with van der Waals surface area (Å²) < 4.78 is 13.1. The first-order valence-electron chi connectivity index (χ1n) is 4.94. The van der Waals surface area contributed by atoms with E-state index in [9.17, 15) is 9.18 Å². The van der Waals surface area contributed by atoms with Gasteiger partial charge in [-0.3, -0.25) is 4.79 Å². The molecular weight excluding hydrogens is 195 g/mol. The van der Waals surface area contributed by atoms with Gasteiger partial charge >= 0.3 is 5.97 Å². The fraction of sp³-hybridized carbons (Fsp3) is 0.417. The topological polar surface area (TPSA) is 37.3 Å². The van der Waals surface area contributed by atoms with Crippen molar-refractivity contribution >= 4 is 5.97 Å². The molecule has 1 atom stereocenters. The zero-order chi connectivity index (χ0) is 11.2. The first-order chi connectivity index (χ1) is 6.92. The summed E-state index contributed by atoms with van der Waals surface area (Å²) in [6.45, 7) is 3.99. The van der Waals surface area contributed by atoms with Gasteiger partial charge in [-0.25, -0.2) is 4.39 Å². The Kier molecular flexibility index (Phi) is 2.07. The highest BCUT2D eigenvalue weighted by molar-refractivity contribution is 5.78. The van der Waals surface area contributed by atoms with Crippen molar-refractivity contribution in [3.63, 3.8) is 0 Å². The number of carboxylic acids is 1. The molecule has 1 aromatic rings. The van der Waals surface area contributed by atoms with Crippen molar-refractivity contribution in [3.05, 3.63) is 35.1 Å². The van der Waals surface area contributed by atoms with E-state index in [1.165, 1.54) is 12.1 Å². The second kappa shape index (κ2) is 3.05. The highest BCUT2D eigenvalue weighted by atomic mass is 19.1. The van der Waals surface area contributed by atoms with Crippen molar-refractivity contribution in [2.24, 2.45) is 0 Å². The summed E-state index contributed by atoms with van der Waals surface area (Å²) in [7, 11) is 0. The molecule has 0 aromatic heterocycles. The number of carbonyl (C=O) groups is 1. The Hall–Kier alpha value is -1.38. The zero-order valence-corrected chi connectivity index (χ0v) is 8.75. The van der Waals surface area contributed by atoms with Gasteiger partial charge in [-0.15, -0.1) is 0 Å². The lowest BCUT2D eigenvalue weighted by molar-refractivity contribution is -0.139. The Bertz CT molecular complexity index is 424. The third-order valence-electron chi connectivity index (χ3n) is 3.13. The minimum Gasteiger partial charge on any atom is -0.481 e. The van der Waals surface area contributed by atoms with E-state index in [1.807, 2.05) is 13.8 Å². The molecule has 1 aliphatic rings.